The Bertz CT molecular complexity index is 340. The first-order chi connectivity index (χ1) is 7.72. The molecule has 0 spiro atoms. The van der Waals surface area contributed by atoms with Crippen molar-refractivity contribution < 1.29 is 4.74 Å². The first-order valence-electron chi connectivity index (χ1n) is 5.91. The maximum Gasteiger partial charge on any atom is 0.0798 e. The quantitative estimate of drug-likeness (QED) is 0.878. The maximum absolute atomic E-state index is 5.50. The van der Waals surface area contributed by atoms with E-state index in [-0.39, 0.29) is 0 Å². The molecule has 0 amide bonds. The van der Waals surface area contributed by atoms with Crippen molar-refractivity contribution in [2.24, 2.45) is 0 Å². The lowest BCUT2D eigenvalue weighted by atomic mass is 10.1. The van der Waals surface area contributed by atoms with Gasteiger partial charge in [0, 0.05) is 24.1 Å². The van der Waals surface area contributed by atoms with Gasteiger partial charge in [0.1, 0.15) is 0 Å². The molecule has 0 bridgehead atoms. The van der Waals surface area contributed by atoms with Gasteiger partial charge in [-0.1, -0.05) is 0 Å². The Hall–Kier alpha value is -0.450. The summed E-state index contributed by atoms with van der Waals surface area (Å²) in [6.07, 6.45) is 4.06. The lowest BCUT2D eigenvalue weighted by molar-refractivity contribution is 0.0821. The monoisotopic (exact) mass is 240 g/mol. The highest BCUT2D eigenvalue weighted by Crippen LogP contribution is 2.27. The Morgan fingerprint density at radius 1 is 1.56 bits per heavy atom. The molecule has 3 nitrogen and oxygen atoms in total. The van der Waals surface area contributed by atoms with Crippen LogP contribution in [-0.2, 0) is 4.74 Å². The SMILES string of the molecule is COC1CCCC1NC(C)c1scnc1C. The van der Waals surface area contributed by atoms with Crippen molar-refractivity contribution in [3.8, 4) is 0 Å². The van der Waals surface area contributed by atoms with Crippen molar-refractivity contribution in [3.63, 3.8) is 0 Å². The average Bonchev–Trinajstić information content (AvgIpc) is 2.86. The molecule has 3 atom stereocenters. The van der Waals surface area contributed by atoms with Gasteiger partial charge in [0.25, 0.3) is 0 Å². The standard InChI is InChI=1S/C12H20N2OS/c1-8-12(16-7-13-8)9(2)14-10-5-4-6-11(10)15-3/h7,9-11,14H,4-6H2,1-3H3. The van der Waals surface area contributed by atoms with Crippen LogP contribution in [0.1, 0.15) is 42.8 Å². The minimum atomic E-state index is 0.383. The summed E-state index contributed by atoms with van der Waals surface area (Å²) >= 11 is 1.74. The number of nitrogens with one attached hydrogen (secondary N) is 1. The number of nitrogens with zero attached hydrogens (tertiary/aromatic N) is 1. The predicted molar refractivity (Wildman–Crippen MR) is 66.8 cm³/mol. The highest BCUT2D eigenvalue weighted by atomic mass is 32.1. The molecule has 1 N–H and O–H groups in total. The Kier molecular flexibility index (Phi) is 3.95. The molecule has 3 unspecified atom stereocenters. The van der Waals surface area contributed by atoms with Crippen molar-refractivity contribution in [2.45, 2.75) is 51.3 Å². The highest BCUT2D eigenvalue weighted by Gasteiger charge is 2.28. The Balaban J connectivity index is 1.97. The van der Waals surface area contributed by atoms with Crippen molar-refractivity contribution in [1.29, 1.82) is 0 Å². The number of ether oxygens (including phenoxy) is 1. The molecule has 1 saturated carbocycles. The molecule has 90 valence electrons. The van der Waals surface area contributed by atoms with E-state index >= 15 is 0 Å². The Labute approximate surface area is 101 Å². The first-order valence-corrected chi connectivity index (χ1v) is 6.79. The molecule has 0 radical (unpaired) electrons. The highest BCUT2D eigenvalue weighted by molar-refractivity contribution is 7.09. The molecule has 1 aliphatic rings. The van der Waals surface area contributed by atoms with Crippen molar-refractivity contribution in [1.82, 2.24) is 10.3 Å². The third-order valence-corrected chi connectivity index (χ3v) is 4.51. The number of aryl methyl sites for hydroxylation is 1. The number of thiazole rings is 1. The minimum Gasteiger partial charge on any atom is -0.380 e. The van der Waals surface area contributed by atoms with Gasteiger partial charge in [0.05, 0.1) is 17.3 Å². The van der Waals surface area contributed by atoms with Crippen molar-refractivity contribution in [3.05, 3.63) is 16.1 Å². The molecule has 4 heteroatoms. The predicted octanol–water partition coefficient (Wildman–Crippen LogP) is 2.67. The zero-order valence-corrected chi connectivity index (χ0v) is 11.0. The molecule has 2 rings (SSSR count). The fraction of sp³-hybridized carbons (Fsp3) is 0.750. The average molecular weight is 240 g/mol. The second kappa shape index (κ2) is 5.25. The van der Waals surface area contributed by atoms with E-state index in [2.05, 4.69) is 24.1 Å². The summed E-state index contributed by atoms with van der Waals surface area (Å²) in [6.45, 7) is 4.29. The fourth-order valence-corrected chi connectivity index (χ4v) is 3.34. The number of methoxy groups -OCH3 is 1. The van der Waals surface area contributed by atoms with Gasteiger partial charge in [0.2, 0.25) is 0 Å². The van der Waals surface area contributed by atoms with Crippen LogP contribution in [0.5, 0.6) is 0 Å². The van der Waals surface area contributed by atoms with Crippen LogP contribution in [0.4, 0.5) is 0 Å². The molecule has 0 aromatic carbocycles. The Morgan fingerprint density at radius 3 is 3.00 bits per heavy atom. The largest absolute Gasteiger partial charge is 0.380 e. The second-order valence-corrected chi connectivity index (χ2v) is 5.39. The van der Waals surface area contributed by atoms with Crippen LogP contribution in [0.2, 0.25) is 0 Å². The zero-order chi connectivity index (χ0) is 11.5. The van der Waals surface area contributed by atoms with Gasteiger partial charge >= 0.3 is 0 Å². The van der Waals surface area contributed by atoms with Crippen LogP contribution in [-0.4, -0.2) is 24.2 Å². The number of rotatable bonds is 4. The second-order valence-electron chi connectivity index (χ2n) is 4.50. The van der Waals surface area contributed by atoms with Crippen molar-refractivity contribution >= 4 is 11.3 Å². The van der Waals surface area contributed by atoms with E-state index in [1.54, 1.807) is 11.3 Å². The number of aromatic nitrogens is 1. The van der Waals surface area contributed by atoms with E-state index in [0.717, 1.165) is 5.69 Å². The molecular formula is C12H20N2OS. The van der Waals surface area contributed by atoms with E-state index in [1.807, 2.05) is 12.6 Å². The lowest BCUT2D eigenvalue weighted by Crippen LogP contribution is -2.38. The molecule has 1 fully saturated rings. The maximum atomic E-state index is 5.50. The molecule has 1 aromatic heterocycles. The summed E-state index contributed by atoms with van der Waals surface area (Å²) in [6, 6.07) is 0.884. The van der Waals surface area contributed by atoms with Crippen LogP contribution in [0.15, 0.2) is 5.51 Å². The number of hydrogen-bond donors (Lipinski definition) is 1. The topological polar surface area (TPSA) is 34.1 Å². The van der Waals surface area contributed by atoms with E-state index < -0.39 is 0 Å². The van der Waals surface area contributed by atoms with E-state index in [9.17, 15) is 0 Å². The smallest absolute Gasteiger partial charge is 0.0798 e. The molecule has 1 aliphatic carbocycles. The normalized spacial score (nSPS) is 27.2. The van der Waals surface area contributed by atoms with E-state index in [4.69, 9.17) is 4.74 Å². The van der Waals surface area contributed by atoms with Crippen molar-refractivity contribution in [2.75, 3.05) is 7.11 Å². The summed E-state index contributed by atoms with van der Waals surface area (Å²) in [5, 5.41) is 3.67. The van der Waals surface area contributed by atoms with Gasteiger partial charge in [-0.25, -0.2) is 4.98 Å². The molecule has 16 heavy (non-hydrogen) atoms. The van der Waals surface area contributed by atoms with Gasteiger partial charge in [-0.05, 0) is 33.1 Å². The summed E-state index contributed by atoms with van der Waals surface area (Å²) < 4.78 is 5.50. The van der Waals surface area contributed by atoms with Gasteiger partial charge in [-0.15, -0.1) is 11.3 Å². The molecule has 1 heterocycles. The third-order valence-electron chi connectivity index (χ3n) is 3.40. The summed E-state index contributed by atoms with van der Waals surface area (Å²) in [7, 11) is 1.81. The molecular weight excluding hydrogens is 220 g/mol. The van der Waals surface area contributed by atoms with Crippen LogP contribution in [0.25, 0.3) is 0 Å². The van der Waals surface area contributed by atoms with Gasteiger partial charge < -0.3 is 10.1 Å². The summed E-state index contributed by atoms with van der Waals surface area (Å²) in [5.74, 6) is 0. The van der Waals surface area contributed by atoms with Crippen LogP contribution >= 0.6 is 11.3 Å². The van der Waals surface area contributed by atoms with Gasteiger partial charge in [-0.3, -0.25) is 0 Å². The van der Waals surface area contributed by atoms with E-state index in [0.29, 0.717) is 18.2 Å². The van der Waals surface area contributed by atoms with E-state index in [1.165, 1.54) is 24.1 Å². The molecule has 0 aliphatic heterocycles. The van der Waals surface area contributed by atoms with Crippen LogP contribution in [0.3, 0.4) is 0 Å². The first kappa shape index (κ1) is 12.0. The lowest BCUT2D eigenvalue weighted by Gasteiger charge is -2.23. The zero-order valence-electron chi connectivity index (χ0n) is 10.2. The van der Waals surface area contributed by atoms with Crippen LogP contribution < -0.4 is 5.32 Å². The van der Waals surface area contributed by atoms with Gasteiger partial charge in [-0.2, -0.15) is 0 Å². The fourth-order valence-electron chi connectivity index (χ4n) is 2.52. The third kappa shape index (κ3) is 2.44. The van der Waals surface area contributed by atoms with Crippen LogP contribution in [0, 0.1) is 6.92 Å². The summed E-state index contributed by atoms with van der Waals surface area (Å²) in [5.41, 5.74) is 3.07. The minimum absolute atomic E-state index is 0.383. The Morgan fingerprint density at radius 2 is 2.38 bits per heavy atom. The van der Waals surface area contributed by atoms with Gasteiger partial charge in [0.15, 0.2) is 0 Å². The number of hydrogen-bond acceptors (Lipinski definition) is 4. The molecule has 1 aromatic rings. The molecule has 0 saturated heterocycles. The summed E-state index contributed by atoms with van der Waals surface area (Å²) in [4.78, 5) is 5.65.